The molecule has 2 rings (SSSR count). The third-order valence-corrected chi connectivity index (χ3v) is 2.69. The molecular weight excluding hydrogens is 296 g/mol. The summed E-state index contributed by atoms with van der Waals surface area (Å²) < 4.78 is 28.3. The molecule has 0 unspecified atom stereocenters. The largest absolute Gasteiger partial charge is 0.435 e. The van der Waals surface area contributed by atoms with Crippen molar-refractivity contribution >= 4 is 17.1 Å². The Morgan fingerprint density at radius 1 is 1.23 bits per heavy atom. The quantitative estimate of drug-likeness (QED) is 0.670. The molecule has 1 N–H and O–H groups in total. The fourth-order valence-corrected chi connectivity index (χ4v) is 1.72. The average Bonchev–Trinajstić information content (AvgIpc) is 2.49. The lowest BCUT2D eigenvalue weighted by Crippen LogP contribution is -2.01. The van der Waals surface area contributed by atoms with Gasteiger partial charge in [-0.2, -0.15) is 14.0 Å². The van der Waals surface area contributed by atoms with Gasteiger partial charge in [-0.15, -0.1) is 0 Å². The van der Waals surface area contributed by atoms with Crippen LogP contribution in [0.2, 0.25) is 0 Å². The highest BCUT2D eigenvalue weighted by atomic mass is 19.3. The van der Waals surface area contributed by atoms with E-state index in [1.807, 2.05) is 6.07 Å². The second-order valence-electron chi connectivity index (χ2n) is 4.13. The summed E-state index contributed by atoms with van der Waals surface area (Å²) in [5.41, 5.74) is 0.799. The van der Waals surface area contributed by atoms with Gasteiger partial charge in [-0.25, -0.2) is 0 Å². The zero-order valence-corrected chi connectivity index (χ0v) is 11.0. The SMILES string of the molecule is N#Cc1cc([N+](=O)[O-])ccc1Nc1ccc(OC(F)F)cc1. The van der Waals surface area contributed by atoms with Crippen LogP contribution in [0, 0.1) is 21.4 Å². The van der Waals surface area contributed by atoms with E-state index in [4.69, 9.17) is 5.26 Å². The fourth-order valence-electron chi connectivity index (χ4n) is 1.72. The number of benzene rings is 2. The van der Waals surface area contributed by atoms with E-state index in [0.717, 1.165) is 6.07 Å². The summed E-state index contributed by atoms with van der Waals surface area (Å²) in [6.07, 6.45) is 0. The second-order valence-corrected chi connectivity index (χ2v) is 4.13. The molecule has 0 saturated carbocycles. The summed E-state index contributed by atoms with van der Waals surface area (Å²) in [4.78, 5) is 10.1. The van der Waals surface area contributed by atoms with E-state index in [2.05, 4.69) is 10.1 Å². The third kappa shape index (κ3) is 3.67. The summed E-state index contributed by atoms with van der Waals surface area (Å²) in [5, 5.41) is 22.6. The Hall–Kier alpha value is -3.21. The fraction of sp³-hybridized carbons (Fsp3) is 0.0714. The number of alkyl halides is 2. The minimum atomic E-state index is -2.90. The number of nitrogens with one attached hydrogen (secondary N) is 1. The van der Waals surface area contributed by atoms with Crippen molar-refractivity contribution in [3.8, 4) is 11.8 Å². The normalized spacial score (nSPS) is 10.1. The number of nitro benzene ring substituents is 1. The van der Waals surface area contributed by atoms with E-state index in [1.54, 1.807) is 0 Å². The maximum Gasteiger partial charge on any atom is 0.387 e. The number of hydrogen-bond donors (Lipinski definition) is 1. The monoisotopic (exact) mass is 305 g/mol. The van der Waals surface area contributed by atoms with E-state index in [1.165, 1.54) is 36.4 Å². The Balaban J connectivity index is 2.20. The van der Waals surface area contributed by atoms with Crippen LogP contribution in [-0.2, 0) is 0 Å². The van der Waals surface area contributed by atoms with Gasteiger partial charge in [0, 0.05) is 17.8 Å². The lowest BCUT2D eigenvalue weighted by atomic mass is 10.1. The standard InChI is InChI=1S/C14H9F2N3O3/c15-14(16)22-12-4-1-10(2-5-12)18-13-6-3-11(19(20)21)7-9(13)8-17/h1-7,14,18H. The molecule has 0 heterocycles. The molecule has 2 aromatic rings. The summed E-state index contributed by atoms with van der Waals surface area (Å²) in [6.45, 7) is -2.90. The number of hydrogen-bond acceptors (Lipinski definition) is 5. The van der Waals surface area contributed by atoms with Crippen LogP contribution in [0.25, 0.3) is 0 Å². The lowest BCUT2D eigenvalue weighted by Gasteiger charge is -2.09. The van der Waals surface area contributed by atoms with Gasteiger partial charge in [-0.05, 0) is 30.3 Å². The summed E-state index contributed by atoms with van der Waals surface area (Å²) in [7, 11) is 0. The molecule has 112 valence electrons. The summed E-state index contributed by atoms with van der Waals surface area (Å²) in [5.74, 6) is 0.00440. The number of anilines is 2. The van der Waals surface area contributed by atoms with Crippen LogP contribution in [-0.4, -0.2) is 11.5 Å². The highest BCUT2D eigenvalue weighted by Crippen LogP contribution is 2.26. The van der Waals surface area contributed by atoms with Gasteiger partial charge in [0.05, 0.1) is 16.2 Å². The maximum absolute atomic E-state index is 12.0. The Morgan fingerprint density at radius 2 is 1.91 bits per heavy atom. The van der Waals surface area contributed by atoms with E-state index < -0.39 is 11.5 Å². The number of rotatable bonds is 5. The predicted octanol–water partition coefficient (Wildman–Crippen LogP) is 3.81. The molecule has 0 bridgehead atoms. The Kier molecular flexibility index (Phi) is 4.48. The maximum atomic E-state index is 12.0. The smallest absolute Gasteiger partial charge is 0.387 e. The van der Waals surface area contributed by atoms with Crippen molar-refractivity contribution in [1.82, 2.24) is 0 Å². The second kappa shape index (κ2) is 6.49. The van der Waals surface area contributed by atoms with Crippen molar-refractivity contribution in [3.63, 3.8) is 0 Å². The number of nitro groups is 1. The molecule has 8 heteroatoms. The minimum absolute atomic E-state index is 0.00440. The first-order valence-electron chi connectivity index (χ1n) is 6.00. The lowest BCUT2D eigenvalue weighted by molar-refractivity contribution is -0.384. The summed E-state index contributed by atoms with van der Waals surface area (Å²) >= 11 is 0. The van der Waals surface area contributed by atoms with Gasteiger partial charge in [0.2, 0.25) is 0 Å². The van der Waals surface area contributed by atoms with Crippen molar-refractivity contribution in [2.75, 3.05) is 5.32 Å². The molecule has 22 heavy (non-hydrogen) atoms. The van der Waals surface area contributed by atoms with Crippen LogP contribution in [0.4, 0.5) is 25.8 Å². The molecule has 0 spiro atoms. The van der Waals surface area contributed by atoms with E-state index >= 15 is 0 Å². The van der Waals surface area contributed by atoms with Gasteiger partial charge >= 0.3 is 6.61 Å². The van der Waals surface area contributed by atoms with E-state index in [0.29, 0.717) is 11.4 Å². The van der Waals surface area contributed by atoms with Crippen molar-refractivity contribution in [3.05, 3.63) is 58.1 Å². The average molecular weight is 305 g/mol. The molecule has 0 aliphatic heterocycles. The van der Waals surface area contributed by atoms with E-state index in [-0.39, 0.29) is 17.0 Å². The molecule has 0 radical (unpaired) electrons. The van der Waals surface area contributed by atoms with Gasteiger partial charge in [0.15, 0.2) is 0 Å². The molecule has 0 fully saturated rings. The first kappa shape index (κ1) is 15.2. The third-order valence-electron chi connectivity index (χ3n) is 2.69. The van der Waals surface area contributed by atoms with Gasteiger partial charge < -0.3 is 10.1 Å². The Bertz CT molecular complexity index is 727. The number of ether oxygens (including phenoxy) is 1. The molecule has 6 nitrogen and oxygen atoms in total. The molecule has 0 saturated heterocycles. The number of nitrogens with zero attached hydrogens (tertiary/aromatic N) is 2. The van der Waals surface area contributed by atoms with Crippen LogP contribution < -0.4 is 10.1 Å². The van der Waals surface area contributed by atoms with Crippen molar-refractivity contribution in [2.45, 2.75) is 6.61 Å². The molecular formula is C14H9F2N3O3. The van der Waals surface area contributed by atoms with Crippen LogP contribution in [0.15, 0.2) is 42.5 Å². The predicted molar refractivity (Wildman–Crippen MR) is 74.2 cm³/mol. The minimum Gasteiger partial charge on any atom is -0.435 e. The van der Waals surface area contributed by atoms with Crippen LogP contribution in [0.3, 0.4) is 0 Å². The van der Waals surface area contributed by atoms with Crippen molar-refractivity contribution in [2.24, 2.45) is 0 Å². The van der Waals surface area contributed by atoms with Gasteiger partial charge in [0.25, 0.3) is 5.69 Å². The zero-order chi connectivity index (χ0) is 16.1. The highest BCUT2D eigenvalue weighted by Gasteiger charge is 2.11. The van der Waals surface area contributed by atoms with E-state index in [9.17, 15) is 18.9 Å². The first-order chi connectivity index (χ1) is 10.5. The summed E-state index contributed by atoms with van der Waals surface area (Å²) in [6, 6.07) is 11.3. The molecule has 0 aliphatic carbocycles. The number of nitriles is 1. The van der Waals surface area contributed by atoms with Gasteiger partial charge in [0.1, 0.15) is 11.8 Å². The van der Waals surface area contributed by atoms with Gasteiger partial charge in [-0.3, -0.25) is 10.1 Å². The van der Waals surface area contributed by atoms with Crippen molar-refractivity contribution < 1.29 is 18.4 Å². The molecule has 0 aliphatic rings. The highest BCUT2D eigenvalue weighted by molar-refractivity contribution is 5.68. The molecule has 2 aromatic carbocycles. The molecule has 0 atom stereocenters. The van der Waals surface area contributed by atoms with Gasteiger partial charge in [-0.1, -0.05) is 0 Å². The Morgan fingerprint density at radius 3 is 2.45 bits per heavy atom. The Labute approximate surface area is 123 Å². The molecule has 0 aromatic heterocycles. The first-order valence-corrected chi connectivity index (χ1v) is 6.00. The zero-order valence-electron chi connectivity index (χ0n) is 11.0. The van der Waals surface area contributed by atoms with Crippen LogP contribution >= 0.6 is 0 Å². The number of halogens is 2. The molecule has 0 amide bonds. The van der Waals surface area contributed by atoms with Crippen LogP contribution in [0.5, 0.6) is 5.75 Å². The van der Waals surface area contributed by atoms with Crippen LogP contribution in [0.1, 0.15) is 5.56 Å². The van der Waals surface area contributed by atoms with Crippen molar-refractivity contribution in [1.29, 1.82) is 5.26 Å². The topological polar surface area (TPSA) is 88.2 Å². The number of non-ortho nitro benzene ring substituents is 1.